The largest absolute Gasteiger partial charge is 0.352 e. The lowest BCUT2D eigenvalue weighted by molar-refractivity contribution is -0.126. The highest BCUT2D eigenvalue weighted by molar-refractivity contribution is 7.98. The van der Waals surface area contributed by atoms with Crippen LogP contribution in [0.5, 0.6) is 0 Å². The van der Waals surface area contributed by atoms with Crippen molar-refractivity contribution >= 4 is 17.7 Å². The maximum absolute atomic E-state index is 12.3. The Morgan fingerprint density at radius 2 is 1.95 bits per heavy atom. The third-order valence-corrected chi connectivity index (χ3v) is 5.08. The first-order valence-corrected chi connectivity index (χ1v) is 8.96. The first-order chi connectivity index (χ1) is 10.1. The van der Waals surface area contributed by atoms with Crippen molar-refractivity contribution in [2.45, 2.75) is 56.1 Å². The summed E-state index contributed by atoms with van der Waals surface area (Å²) < 4.78 is 0. The van der Waals surface area contributed by atoms with Crippen LogP contribution < -0.4 is 5.32 Å². The molecule has 0 spiro atoms. The molecule has 21 heavy (non-hydrogen) atoms. The van der Waals surface area contributed by atoms with Crippen LogP contribution in [0.4, 0.5) is 0 Å². The number of carbonyl (C=O) groups excluding carboxylic acids is 1. The van der Waals surface area contributed by atoms with Gasteiger partial charge in [-0.05, 0) is 50.8 Å². The molecule has 4 heteroatoms. The van der Waals surface area contributed by atoms with Crippen LogP contribution in [0.3, 0.4) is 0 Å². The molecule has 1 N–H and O–H groups in total. The molecule has 1 aromatic carbocycles. The van der Waals surface area contributed by atoms with Gasteiger partial charge in [-0.1, -0.05) is 25.0 Å². The molecule has 1 fully saturated rings. The van der Waals surface area contributed by atoms with Gasteiger partial charge in [-0.15, -0.1) is 11.8 Å². The quantitative estimate of drug-likeness (QED) is 0.819. The van der Waals surface area contributed by atoms with E-state index >= 15 is 0 Å². The van der Waals surface area contributed by atoms with E-state index in [1.54, 1.807) is 11.8 Å². The molecule has 0 aromatic heterocycles. The molecular formula is C17H26N2OS. The summed E-state index contributed by atoms with van der Waals surface area (Å²) in [6.45, 7) is 2.79. The van der Waals surface area contributed by atoms with E-state index in [2.05, 4.69) is 40.7 Å². The first-order valence-electron chi connectivity index (χ1n) is 7.73. The van der Waals surface area contributed by atoms with Gasteiger partial charge in [0.05, 0.1) is 6.04 Å². The summed E-state index contributed by atoms with van der Waals surface area (Å²) in [6, 6.07) is 8.86. The molecule has 1 saturated carbocycles. The predicted molar refractivity (Wildman–Crippen MR) is 89.6 cm³/mol. The molecule has 1 amide bonds. The van der Waals surface area contributed by atoms with Crippen molar-refractivity contribution in [1.82, 2.24) is 10.2 Å². The number of thioether (sulfide) groups is 1. The van der Waals surface area contributed by atoms with Gasteiger partial charge in [-0.2, -0.15) is 0 Å². The van der Waals surface area contributed by atoms with Gasteiger partial charge in [-0.3, -0.25) is 9.69 Å². The smallest absolute Gasteiger partial charge is 0.237 e. The van der Waals surface area contributed by atoms with E-state index in [0.717, 1.165) is 19.4 Å². The van der Waals surface area contributed by atoms with Crippen molar-refractivity contribution in [3.63, 3.8) is 0 Å². The molecule has 1 atom stereocenters. The number of benzene rings is 1. The number of hydrogen-bond acceptors (Lipinski definition) is 3. The second-order valence-electron chi connectivity index (χ2n) is 5.93. The summed E-state index contributed by atoms with van der Waals surface area (Å²) >= 11 is 1.75. The normalized spacial score (nSPS) is 17.1. The van der Waals surface area contributed by atoms with Gasteiger partial charge in [0.15, 0.2) is 0 Å². The van der Waals surface area contributed by atoms with Gasteiger partial charge >= 0.3 is 0 Å². The van der Waals surface area contributed by atoms with Crippen LogP contribution in [0.15, 0.2) is 29.2 Å². The van der Waals surface area contributed by atoms with Crippen molar-refractivity contribution < 1.29 is 4.79 Å². The third-order valence-electron chi connectivity index (χ3n) is 4.33. The Morgan fingerprint density at radius 1 is 1.33 bits per heavy atom. The van der Waals surface area contributed by atoms with Crippen LogP contribution in [-0.4, -0.2) is 36.2 Å². The zero-order valence-electron chi connectivity index (χ0n) is 13.3. The minimum atomic E-state index is -0.0918. The van der Waals surface area contributed by atoms with Crippen LogP contribution in [0.1, 0.15) is 38.2 Å². The maximum atomic E-state index is 12.3. The fourth-order valence-corrected chi connectivity index (χ4v) is 3.16. The highest BCUT2D eigenvalue weighted by Gasteiger charge is 2.23. The van der Waals surface area contributed by atoms with Gasteiger partial charge in [0.2, 0.25) is 5.91 Å². The molecular weight excluding hydrogens is 280 g/mol. The molecule has 1 aliphatic rings. The van der Waals surface area contributed by atoms with Crippen molar-refractivity contribution in [2.24, 2.45) is 0 Å². The van der Waals surface area contributed by atoms with E-state index in [1.807, 2.05) is 14.0 Å². The molecule has 0 bridgehead atoms. The third kappa shape index (κ3) is 4.75. The van der Waals surface area contributed by atoms with Gasteiger partial charge in [0.25, 0.3) is 0 Å². The Balaban J connectivity index is 1.85. The second kappa shape index (κ2) is 7.85. The van der Waals surface area contributed by atoms with Gasteiger partial charge < -0.3 is 5.32 Å². The molecule has 0 aliphatic heterocycles. The van der Waals surface area contributed by atoms with Crippen LogP contribution in [-0.2, 0) is 11.3 Å². The zero-order chi connectivity index (χ0) is 15.2. The first kappa shape index (κ1) is 16.4. The van der Waals surface area contributed by atoms with Crippen LogP contribution >= 0.6 is 11.8 Å². The molecule has 0 heterocycles. The van der Waals surface area contributed by atoms with Crippen molar-refractivity contribution in [1.29, 1.82) is 0 Å². The number of carbonyl (C=O) groups is 1. The summed E-state index contributed by atoms with van der Waals surface area (Å²) in [6.07, 6.45) is 6.85. The SMILES string of the molecule is CSc1ccc(CN(C)[C@@H](C)C(=O)NC2CCCC2)cc1. The van der Waals surface area contributed by atoms with Crippen LogP contribution in [0, 0.1) is 0 Å². The lowest BCUT2D eigenvalue weighted by atomic mass is 10.1. The highest BCUT2D eigenvalue weighted by atomic mass is 32.2. The summed E-state index contributed by atoms with van der Waals surface area (Å²) in [5.74, 6) is 0.158. The lowest BCUT2D eigenvalue weighted by Crippen LogP contribution is -2.46. The second-order valence-corrected chi connectivity index (χ2v) is 6.81. The van der Waals surface area contributed by atoms with Gasteiger partial charge in [0, 0.05) is 17.5 Å². The Kier molecular flexibility index (Phi) is 6.12. The Bertz CT molecular complexity index is 454. The average Bonchev–Trinajstić information content (AvgIpc) is 3.00. The van der Waals surface area contributed by atoms with Crippen molar-refractivity contribution in [3.8, 4) is 0 Å². The number of hydrogen-bond donors (Lipinski definition) is 1. The minimum absolute atomic E-state index is 0.0918. The fourth-order valence-electron chi connectivity index (χ4n) is 2.75. The van der Waals surface area contributed by atoms with E-state index in [9.17, 15) is 4.79 Å². The maximum Gasteiger partial charge on any atom is 0.237 e. The highest BCUT2D eigenvalue weighted by Crippen LogP contribution is 2.18. The minimum Gasteiger partial charge on any atom is -0.352 e. The molecule has 0 radical (unpaired) electrons. The molecule has 116 valence electrons. The summed E-state index contributed by atoms with van der Waals surface area (Å²) in [7, 11) is 2.02. The zero-order valence-corrected chi connectivity index (χ0v) is 14.1. The van der Waals surface area contributed by atoms with Gasteiger partial charge in [-0.25, -0.2) is 0 Å². The Morgan fingerprint density at radius 3 is 2.52 bits per heavy atom. The Labute approximate surface area is 132 Å². The molecule has 1 aliphatic carbocycles. The van der Waals surface area contributed by atoms with Crippen LogP contribution in [0.25, 0.3) is 0 Å². The standard InChI is InChI=1S/C17H26N2OS/c1-13(17(20)18-15-6-4-5-7-15)19(2)12-14-8-10-16(21-3)11-9-14/h8-11,13,15H,4-7,12H2,1-3H3,(H,18,20)/t13-/m0/s1. The van der Waals surface area contributed by atoms with E-state index in [1.165, 1.54) is 23.3 Å². The lowest BCUT2D eigenvalue weighted by Gasteiger charge is -2.25. The Hall–Kier alpha value is -1.00. The molecule has 2 rings (SSSR count). The number of nitrogens with one attached hydrogen (secondary N) is 1. The van der Waals surface area contributed by atoms with E-state index in [4.69, 9.17) is 0 Å². The average molecular weight is 306 g/mol. The summed E-state index contributed by atoms with van der Waals surface area (Å²) in [4.78, 5) is 15.7. The van der Waals surface area contributed by atoms with Crippen LogP contribution in [0.2, 0.25) is 0 Å². The predicted octanol–water partition coefficient (Wildman–Crippen LogP) is 3.29. The van der Waals surface area contributed by atoms with Crippen molar-refractivity contribution in [3.05, 3.63) is 29.8 Å². The van der Waals surface area contributed by atoms with E-state index in [0.29, 0.717) is 6.04 Å². The van der Waals surface area contributed by atoms with E-state index in [-0.39, 0.29) is 11.9 Å². The fraction of sp³-hybridized carbons (Fsp3) is 0.588. The van der Waals surface area contributed by atoms with E-state index < -0.39 is 0 Å². The van der Waals surface area contributed by atoms with Gasteiger partial charge in [0.1, 0.15) is 0 Å². The molecule has 3 nitrogen and oxygen atoms in total. The number of nitrogens with zero attached hydrogens (tertiary/aromatic N) is 1. The summed E-state index contributed by atoms with van der Waals surface area (Å²) in [5, 5.41) is 3.18. The topological polar surface area (TPSA) is 32.3 Å². The monoisotopic (exact) mass is 306 g/mol. The molecule has 0 saturated heterocycles. The number of rotatable bonds is 6. The number of likely N-dealkylation sites (N-methyl/N-ethyl adjacent to an activating group) is 1. The molecule has 1 aromatic rings. The summed E-state index contributed by atoms with van der Waals surface area (Å²) in [5.41, 5.74) is 1.25. The molecule has 0 unspecified atom stereocenters. The van der Waals surface area contributed by atoms with Crippen molar-refractivity contribution in [2.75, 3.05) is 13.3 Å². The number of amides is 1.